The van der Waals surface area contributed by atoms with Gasteiger partial charge in [-0.25, -0.2) is 0 Å². The van der Waals surface area contributed by atoms with Gasteiger partial charge in [0.05, 0.1) is 40.7 Å². The van der Waals surface area contributed by atoms with Crippen molar-refractivity contribution in [1.29, 1.82) is 5.26 Å². The Morgan fingerprint density at radius 2 is 1.84 bits per heavy atom. The molecule has 7 rings (SSSR count). The number of fused-ring (bicyclic) bond motifs is 1. The van der Waals surface area contributed by atoms with Crippen LogP contribution in [0.25, 0.3) is 10.9 Å². The summed E-state index contributed by atoms with van der Waals surface area (Å²) in [7, 11) is 0. The van der Waals surface area contributed by atoms with Crippen molar-refractivity contribution >= 4 is 45.5 Å². The number of amides is 1. The molecule has 0 saturated carbocycles. The zero-order chi connectivity index (χ0) is 35.0. The largest absolute Gasteiger partial charge is 0.486 e. The molecule has 2 N–H and O–H groups in total. The van der Waals surface area contributed by atoms with Gasteiger partial charge < -0.3 is 24.8 Å². The minimum absolute atomic E-state index is 0.151. The van der Waals surface area contributed by atoms with Crippen LogP contribution in [0.1, 0.15) is 36.1 Å². The number of benzene rings is 3. The molecule has 11 heteroatoms. The second kappa shape index (κ2) is 16.0. The lowest BCUT2D eigenvalue weighted by Gasteiger charge is -2.28. The van der Waals surface area contributed by atoms with Crippen LogP contribution in [-0.4, -0.2) is 53.2 Å². The summed E-state index contributed by atoms with van der Waals surface area (Å²) in [5.74, 6) is 0.741. The number of ether oxygens (including phenoxy) is 3. The Balaban J connectivity index is 1.13. The lowest BCUT2D eigenvalue weighted by atomic mass is 10.0. The number of carbonyl (C=O) groups is 1. The van der Waals surface area contributed by atoms with Crippen molar-refractivity contribution in [3.8, 4) is 17.6 Å². The van der Waals surface area contributed by atoms with E-state index in [1.165, 1.54) is 11.8 Å². The van der Waals surface area contributed by atoms with Gasteiger partial charge in [-0.15, -0.1) is 0 Å². The average Bonchev–Trinajstić information content (AvgIpc) is 3.67. The molecule has 0 spiro atoms. The third-order valence-electron chi connectivity index (χ3n) is 8.94. The first-order valence-corrected chi connectivity index (χ1v) is 17.4. The van der Waals surface area contributed by atoms with Crippen molar-refractivity contribution in [2.75, 3.05) is 36.9 Å². The smallest absolute Gasteiger partial charge is 0.248 e. The SMILES string of the molecule is N#Cc1cnc2c(NC(=O)C=C3CCN(Cc4ccccc4)CC3)c(OC3CCOC3)ccc2c1Nc1ccc(OCc2ccccn2)c(Cl)c1. The van der Waals surface area contributed by atoms with E-state index >= 15 is 0 Å². The van der Waals surface area contributed by atoms with Crippen LogP contribution < -0.4 is 20.1 Å². The molecule has 2 fully saturated rings. The number of nitriles is 1. The summed E-state index contributed by atoms with van der Waals surface area (Å²) in [4.78, 5) is 24.9. The maximum atomic E-state index is 13.6. The van der Waals surface area contributed by atoms with E-state index in [0.717, 1.165) is 50.2 Å². The molecule has 51 heavy (non-hydrogen) atoms. The Hall–Kier alpha value is -5.47. The van der Waals surface area contributed by atoms with Crippen molar-refractivity contribution in [3.63, 3.8) is 0 Å². The van der Waals surface area contributed by atoms with Gasteiger partial charge >= 0.3 is 0 Å². The summed E-state index contributed by atoms with van der Waals surface area (Å²) in [5, 5.41) is 17.6. The van der Waals surface area contributed by atoms with Crippen molar-refractivity contribution in [3.05, 3.63) is 125 Å². The van der Waals surface area contributed by atoms with Crippen molar-refractivity contribution in [2.45, 2.75) is 38.5 Å². The van der Waals surface area contributed by atoms with Gasteiger partial charge in [0.15, 0.2) is 0 Å². The van der Waals surface area contributed by atoms with Gasteiger partial charge in [0, 0.05) is 55.6 Å². The minimum atomic E-state index is -0.254. The van der Waals surface area contributed by atoms with Gasteiger partial charge in [0.25, 0.3) is 0 Å². The summed E-state index contributed by atoms with van der Waals surface area (Å²) in [6, 6.07) is 27.3. The fourth-order valence-electron chi connectivity index (χ4n) is 6.28. The van der Waals surface area contributed by atoms with Crippen LogP contribution in [-0.2, 0) is 22.7 Å². The maximum absolute atomic E-state index is 13.6. The van der Waals surface area contributed by atoms with E-state index in [1.807, 2.05) is 36.4 Å². The molecular weight excluding hydrogens is 664 g/mol. The zero-order valence-corrected chi connectivity index (χ0v) is 28.7. The van der Waals surface area contributed by atoms with Crippen LogP contribution in [0.2, 0.25) is 5.02 Å². The predicted molar refractivity (Wildman–Crippen MR) is 197 cm³/mol. The van der Waals surface area contributed by atoms with Gasteiger partial charge in [-0.2, -0.15) is 5.26 Å². The topological polar surface area (TPSA) is 122 Å². The predicted octanol–water partition coefficient (Wildman–Crippen LogP) is 7.81. The van der Waals surface area contributed by atoms with Gasteiger partial charge in [-0.05, 0) is 60.9 Å². The number of halogens is 1. The molecule has 0 radical (unpaired) electrons. The third-order valence-corrected chi connectivity index (χ3v) is 9.23. The quantitative estimate of drug-likeness (QED) is 0.133. The van der Waals surface area contributed by atoms with Crippen LogP contribution in [0, 0.1) is 11.3 Å². The summed E-state index contributed by atoms with van der Waals surface area (Å²) in [5.41, 5.74) is 5.58. The van der Waals surface area contributed by atoms with E-state index in [4.69, 9.17) is 25.8 Å². The number of nitrogens with one attached hydrogen (secondary N) is 2. The van der Waals surface area contributed by atoms with Crippen LogP contribution >= 0.6 is 11.6 Å². The monoisotopic (exact) mass is 700 g/mol. The van der Waals surface area contributed by atoms with E-state index < -0.39 is 0 Å². The van der Waals surface area contributed by atoms with Crippen LogP contribution in [0.15, 0.2) is 103 Å². The molecule has 258 valence electrons. The fourth-order valence-corrected chi connectivity index (χ4v) is 6.51. The van der Waals surface area contributed by atoms with E-state index in [1.54, 1.807) is 30.5 Å². The number of pyridine rings is 2. The van der Waals surface area contributed by atoms with Crippen molar-refractivity contribution in [1.82, 2.24) is 14.9 Å². The van der Waals surface area contributed by atoms with Gasteiger partial charge in [0.1, 0.15) is 36.0 Å². The van der Waals surface area contributed by atoms with Crippen molar-refractivity contribution in [2.24, 2.45) is 0 Å². The standard InChI is InChI=1S/C40H37ClN6O4/c41-34-21-30(9-11-35(34)50-25-31-8-4-5-16-43-31)45-38-29(22-42)23-44-39-33(38)10-12-36(51-32-15-19-49-26-32)40(39)46-37(48)20-27-13-17-47(18-14-27)24-28-6-2-1-3-7-28/h1-12,16,20-21,23,32H,13-15,17-19,24-26H2,(H,44,45)(H,46,48). The summed E-state index contributed by atoms with van der Waals surface area (Å²) in [6.45, 7) is 4.01. The first kappa shape index (κ1) is 34.0. The normalized spacial score (nSPS) is 16.0. The first-order valence-electron chi connectivity index (χ1n) is 17.0. The number of carbonyl (C=O) groups excluding carboxylic acids is 1. The number of hydrogen-bond acceptors (Lipinski definition) is 9. The van der Waals surface area contributed by atoms with Gasteiger partial charge in [-0.3, -0.25) is 19.7 Å². The van der Waals surface area contributed by atoms with E-state index in [-0.39, 0.29) is 18.6 Å². The van der Waals surface area contributed by atoms with Crippen molar-refractivity contribution < 1.29 is 19.0 Å². The average molecular weight is 701 g/mol. The van der Waals surface area contributed by atoms with Gasteiger partial charge in [0.2, 0.25) is 5.91 Å². The van der Waals surface area contributed by atoms with Crippen LogP contribution in [0.4, 0.5) is 17.1 Å². The Morgan fingerprint density at radius 3 is 2.59 bits per heavy atom. The molecule has 1 unspecified atom stereocenters. The van der Waals surface area contributed by atoms with Crippen LogP contribution in [0.3, 0.4) is 0 Å². The highest BCUT2D eigenvalue weighted by molar-refractivity contribution is 6.32. The molecule has 0 aliphatic carbocycles. The summed E-state index contributed by atoms with van der Waals surface area (Å²) in [6.07, 6.45) is 7.12. The molecule has 5 aromatic rings. The Morgan fingerprint density at radius 1 is 1.02 bits per heavy atom. The molecule has 3 aromatic carbocycles. The fraction of sp³-hybridized carbons (Fsp3) is 0.250. The highest BCUT2D eigenvalue weighted by Crippen LogP contribution is 2.39. The number of likely N-dealkylation sites (tertiary alicyclic amines) is 1. The summed E-state index contributed by atoms with van der Waals surface area (Å²) < 4.78 is 17.8. The number of hydrogen-bond donors (Lipinski definition) is 2. The lowest BCUT2D eigenvalue weighted by molar-refractivity contribution is -0.112. The second-order valence-electron chi connectivity index (χ2n) is 12.5. The van der Waals surface area contributed by atoms with E-state index in [9.17, 15) is 10.1 Å². The molecule has 2 aliphatic rings. The molecule has 1 amide bonds. The number of aromatic nitrogens is 2. The summed E-state index contributed by atoms with van der Waals surface area (Å²) >= 11 is 6.62. The zero-order valence-electron chi connectivity index (χ0n) is 28.0. The van der Waals surface area contributed by atoms with E-state index in [2.05, 4.69) is 55.8 Å². The molecule has 1 atom stereocenters. The first-order chi connectivity index (χ1) is 25.0. The molecule has 2 aromatic heterocycles. The Kier molecular flexibility index (Phi) is 10.7. The second-order valence-corrected chi connectivity index (χ2v) is 12.9. The van der Waals surface area contributed by atoms with Crippen LogP contribution in [0.5, 0.6) is 11.5 Å². The molecular formula is C40H37ClN6O4. The number of anilines is 3. The highest BCUT2D eigenvalue weighted by atomic mass is 35.5. The Bertz CT molecular complexity index is 2070. The number of nitrogens with zero attached hydrogens (tertiary/aromatic N) is 4. The molecule has 2 aliphatic heterocycles. The highest BCUT2D eigenvalue weighted by Gasteiger charge is 2.23. The number of rotatable bonds is 11. The third kappa shape index (κ3) is 8.47. The molecule has 10 nitrogen and oxygen atoms in total. The Labute approximate surface area is 301 Å². The molecule has 0 bridgehead atoms. The molecule has 2 saturated heterocycles. The number of piperidine rings is 1. The van der Waals surface area contributed by atoms with E-state index in [0.29, 0.717) is 63.3 Å². The molecule has 4 heterocycles. The maximum Gasteiger partial charge on any atom is 0.248 e. The lowest BCUT2D eigenvalue weighted by Crippen LogP contribution is -2.30. The van der Waals surface area contributed by atoms with Gasteiger partial charge in [-0.1, -0.05) is 53.6 Å². The minimum Gasteiger partial charge on any atom is -0.486 e.